The molecule has 0 amide bonds. The van der Waals surface area contributed by atoms with Gasteiger partial charge in [-0.05, 0) is 19.8 Å². The highest BCUT2D eigenvalue weighted by molar-refractivity contribution is 9.08. The first-order chi connectivity index (χ1) is 5.31. The second-order valence-electron chi connectivity index (χ2n) is 3.08. The Balaban J connectivity index is 2.28. The lowest BCUT2D eigenvalue weighted by atomic mass is 10.3. The fourth-order valence-electron chi connectivity index (χ4n) is 1.18. The first-order valence-electron chi connectivity index (χ1n) is 3.92. The lowest BCUT2D eigenvalue weighted by Gasteiger charge is -1.92. The van der Waals surface area contributed by atoms with E-state index in [2.05, 4.69) is 38.8 Å². The van der Waals surface area contributed by atoms with E-state index < -0.39 is 0 Å². The fourth-order valence-corrected chi connectivity index (χ4v) is 1.73. The number of hydrogen-bond donors (Lipinski definition) is 0. The third kappa shape index (κ3) is 1.34. The highest BCUT2D eigenvalue weighted by Crippen LogP contribution is 2.34. The van der Waals surface area contributed by atoms with Crippen LogP contribution in [0, 0.1) is 6.92 Å². The molecule has 2 nitrogen and oxygen atoms in total. The van der Waals surface area contributed by atoms with Gasteiger partial charge < -0.3 is 0 Å². The van der Waals surface area contributed by atoms with Gasteiger partial charge in [0.1, 0.15) is 0 Å². The summed E-state index contributed by atoms with van der Waals surface area (Å²) in [6, 6.07) is 0.710. The van der Waals surface area contributed by atoms with Crippen molar-refractivity contribution in [3.05, 3.63) is 17.5 Å². The second kappa shape index (κ2) is 2.63. The molecule has 1 aromatic rings. The highest BCUT2D eigenvalue weighted by Gasteiger charge is 2.24. The lowest BCUT2D eigenvalue weighted by Crippen LogP contribution is -1.93. The smallest absolute Gasteiger partial charge is 0.0634 e. The molecule has 0 aliphatic heterocycles. The van der Waals surface area contributed by atoms with Crippen LogP contribution in [0.4, 0.5) is 0 Å². The van der Waals surface area contributed by atoms with Crippen molar-refractivity contribution in [2.45, 2.75) is 31.1 Å². The standard InChI is InChI=1S/C8H11BrN2/c1-6-7(4-9)5-11(10-6)8-2-3-8/h5,8H,2-4H2,1H3. The number of halogens is 1. The maximum atomic E-state index is 4.43. The Bertz CT molecular complexity index is 263. The van der Waals surface area contributed by atoms with Gasteiger partial charge in [-0.15, -0.1) is 0 Å². The average molecular weight is 215 g/mol. The Kier molecular flexibility index (Phi) is 1.75. The topological polar surface area (TPSA) is 17.8 Å². The number of aromatic nitrogens is 2. The van der Waals surface area contributed by atoms with Crippen LogP contribution < -0.4 is 0 Å². The molecule has 1 aliphatic carbocycles. The zero-order valence-electron chi connectivity index (χ0n) is 6.55. The van der Waals surface area contributed by atoms with Crippen molar-refractivity contribution in [3.63, 3.8) is 0 Å². The predicted molar refractivity (Wildman–Crippen MR) is 47.9 cm³/mol. The van der Waals surface area contributed by atoms with E-state index in [0.717, 1.165) is 11.0 Å². The van der Waals surface area contributed by atoms with Crippen molar-refractivity contribution in [2.24, 2.45) is 0 Å². The molecule has 60 valence electrons. The van der Waals surface area contributed by atoms with Gasteiger partial charge in [-0.1, -0.05) is 15.9 Å². The van der Waals surface area contributed by atoms with Gasteiger partial charge in [0.2, 0.25) is 0 Å². The minimum atomic E-state index is 0.710. The van der Waals surface area contributed by atoms with E-state index >= 15 is 0 Å². The van der Waals surface area contributed by atoms with Crippen molar-refractivity contribution < 1.29 is 0 Å². The summed E-state index contributed by atoms with van der Waals surface area (Å²) in [6.45, 7) is 2.06. The van der Waals surface area contributed by atoms with Crippen molar-refractivity contribution >= 4 is 15.9 Å². The largest absolute Gasteiger partial charge is 0.269 e. The maximum Gasteiger partial charge on any atom is 0.0634 e. The zero-order valence-corrected chi connectivity index (χ0v) is 8.13. The van der Waals surface area contributed by atoms with E-state index in [-0.39, 0.29) is 0 Å². The molecule has 1 heterocycles. The summed E-state index contributed by atoms with van der Waals surface area (Å²) in [5.74, 6) is 0. The Morgan fingerprint density at radius 1 is 1.73 bits per heavy atom. The van der Waals surface area contributed by atoms with Gasteiger partial charge in [0.05, 0.1) is 11.7 Å². The Labute approximate surface area is 74.7 Å². The summed E-state index contributed by atoms with van der Waals surface area (Å²) in [5, 5.41) is 5.35. The molecule has 1 aliphatic rings. The van der Waals surface area contributed by atoms with Gasteiger partial charge in [0.15, 0.2) is 0 Å². The van der Waals surface area contributed by atoms with E-state index in [1.165, 1.54) is 18.4 Å². The van der Waals surface area contributed by atoms with Crippen LogP contribution in [0.1, 0.15) is 30.1 Å². The molecule has 0 bridgehead atoms. The van der Waals surface area contributed by atoms with Gasteiger partial charge in [-0.2, -0.15) is 5.10 Å². The van der Waals surface area contributed by atoms with Gasteiger partial charge in [0, 0.05) is 17.1 Å². The van der Waals surface area contributed by atoms with Crippen LogP contribution in [0.3, 0.4) is 0 Å². The molecule has 0 aromatic carbocycles. The summed E-state index contributed by atoms with van der Waals surface area (Å²) in [5.41, 5.74) is 2.48. The van der Waals surface area contributed by atoms with Crippen LogP contribution in [0.15, 0.2) is 6.20 Å². The third-order valence-electron chi connectivity index (χ3n) is 2.08. The van der Waals surface area contributed by atoms with Crippen LogP contribution >= 0.6 is 15.9 Å². The first-order valence-corrected chi connectivity index (χ1v) is 5.04. The quantitative estimate of drug-likeness (QED) is 0.692. The number of rotatable bonds is 2. The van der Waals surface area contributed by atoms with Gasteiger partial charge in [0.25, 0.3) is 0 Å². The molecule has 2 rings (SSSR count). The monoisotopic (exact) mass is 214 g/mol. The Hall–Kier alpha value is -0.310. The number of hydrogen-bond acceptors (Lipinski definition) is 1. The van der Waals surface area contributed by atoms with Crippen LogP contribution in [0.2, 0.25) is 0 Å². The zero-order chi connectivity index (χ0) is 7.84. The summed E-state index contributed by atoms with van der Waals surface area (Å²) >= 11 is 3.44. The molecule has 11 heavy (non-hydrogen) atoms. The Morgan fingerprint density at radius 2 is 2.45 bits per heavy atom. The minimum Gasteiger partial charge on any atom is -0.269 e. The number of aryl methyl sites for hydroxylation is 1. The average Bonchev–Trinajstić information content (AvgIpc) is 2.76. The number of alkyl halides is 1. The normalized spacial score (nSPS) is 17.3. The predicted octanol–water partition coefficient (Wildman–Crippen LogP) is 2.42. The van der Waals surface area contributed by atoms with Crippen molar-refractivity contribution in [1.29, 1.82) is 0 Å². The summed E-state index contributed by atoms with van der Waals surface area (Å²) in [4.78, 5) is 0. The lowest BCUT2D eigenvalue weighted by molar-refractivity contribution is 0.635. The summed E-state index contributed by atoms with van der Waals surface area (Å²) in [7, 11) is 0. The third-order valence-corrected chi connectivity index (χ3v) is 2.69. The van der Waals surface area contributed by atoms with Crippen molar-refractivity contribution in [3.8, 4) is 0 Å². The fraction of sp³-hybridized carbons (Fsp3) is 0.625. The molecule has 1 saturated carbocycles. The van der Waals surface area contributed by atoms with Crippen LogP contribution in [-0.2, 0) is 5.33 Å². The molecule has 0 N–H and O–H groups in total. The Morgan fingerprint density at radius 3 is 2.91 bits per heavy atom. The van der Waals surface area contributed by atoms with Crippen LogP contribution in [0.25, 0.3) is 0 Å². The number of nitrogens with zero attached hydrogens (tertiary/aromatic N) is 2. The molecule has 1 fully saturated rings. The van der Waals surface area contributed by atoms with Crippen LogP contribution in [0.5, 0.6) is 0 Å². The second-order valence-corrected chi connectivity index (χ2v) is 3.65. The highest BCUT2D eigenvalue weighted by atomic mass is 79.9. The molecule has 1 aromatic heterocycles. The van der Waals surface area contributed by atoms with E-state index in [4.69, 9.17) is 0 Å². The minimum absolute atomic E-state index is 0.710. The van der Waals surface area contributed by atoms with Gasteiger partial charge in [-0.25, -0.2) is 0 Å². The maximum absolute atomic E-state index is 4.43. The van der Waals surface area contributed by atoms with Gasteiger partial charge in [-0.3, -0.25) is 4.68 Å². The van der Waals surface area contributed by atoms with Gasteiger partial charge >= 0.3 is 0 Å². The van der Waals surface area contributed by atoms with E-state index in [1.54, 1.807) is 0 Å². The summed E-state index contributed by atoms with van der Waals surface area (Å²) in [6.07, 6.45) is 4.77. The van der Waals surface area contributed by atoms with E-state index in [9.17, 15) is 0 Å². The van der Waals surface area contributed by atoms with Crippen LogP contribution in [-0.4, -0.2) is 9.78 Å². The van der Waals surface area contributed by atoms with Crippen molar-refractivity contribution in [2.75, 3.05) is 0 Å². The molecule has 0 saturated heterocycles. The van der Waals surface area contributed by atoms with E-state index in [1.807, 2.05) is 0 Å². The molecular weight excluding hydrogens is 204 g/mol. The molecule has 0 atom stereocenters. The molecular formula is C8H11BrN2. The molecule has 0 unspecified atom stereocenters. The first kappa shape index (κ1) is 7.35. The SMILES string of the molecule is Cc1nn(C2CC2)cc1CBr. The molecule has 3 heteroatoms. The summed E-state index contributed by atoms with van der Waals surface area (Å²) < 4.78 is 2.10. The van der Waals surface area contributed by atoms with E-state index in [0.29, 0.717) is 6.04 Å². The van der Waals surface area contributed by atoms with Crippen molar-refractivity contribution in [1.82, 2.24) is 9.78 Å². The molecule has 0 radical (unpaired) electrons. The molecule has 0 spiro atoms.